The van der Waals surface area contributed by atoms with E-state index in [0.717, 1.165) is 10.0 Å². The van der Waals surface area contributed by atoms with Gasteiger partial charge >= 0.3 is 0 Å². The summed E-state index contributed by atoms with van der Waals surface area (Å²) in [5, 5.41) is 2.81. The number of hydrogen-bond acceptors (Lipinski definition) is 2. The van der Waals surface area contributed by atoms with Gasteiger partial charge in [-0.15, -0.1) is 0 Å². The number of carbonyl (C=O) groups excluding carboxylic acids is 2. The van der Waals surface area contributed by atoms with Gasteiger partial charge in [-0.3, -0.25) is 9.59 Å². The highest BCUT2D eigenvalue weighted by Crippen LogP contribution is 2.21. The number of halogens is 1. The van der Waals surface area contributed by atoms with Crippen LogP contribution in [0, 0.1) is 13.8 Å². The van der Waals surface area contributed by atoms with Gasteiger partial charge in [0.25, 0.3) is 5.91 Å². The minimum atomic E-state index is -0.511. The highest BCUT2D eigenvalue weighted by atomic mass is 79.9. The summed E-state index contributed by atoms with van der Waals surface area (Å²) in [6, 6.07) is 10.4. The first-order chi connectivity index (χ1) is 9.90. The van der Waals surface area contributed by atoms with Crippen molar-refractivity contribution in [3.63, 3.8) is 0 Å². The molecule has 2 aromatic carbocycles. The Balaban J connectivity index is 2.29. The van der Waals surface area contributed by atoms with Gasteiger partial charge in [-0.1, -0.05) is 22.0 Å². The standard InChI is InChI=1S/C16H15BrN2O2/c1-9-8-11(6-7-13(9)17)16(21)19-14-5-3-4-12(10(14)2)15(18)20/h3-8H,1-2H3,(H2,18,20)(H,19,21). The number of anilines is 1. The Bertz CT molecular complexity index is 726. The van der Waals surface area contributed by atoms with Crippen LogP contribution in [-0.4, -0.2) is 11.8 Å². The molecule has 2 amide bonds. The molecule has 0 heterocycles. The second kappa shape index (κ2) is 6.10. The number of rotatable bonds is 3. The fraction of sp³-hybridized carbons (Fsp3) is 0.125. The molecular formula is C16H15BrN2O2. The Labute approximate surface area is 131 Å². The Kier molecular flexibility index (Phi) is 4.43. The summed E-state index contributed by atoms with van der Waals surface area (Å²) in [6.07, 6.45) is 0. The summed E-state index contributed by atoms with van der Waals surface area (Å²) in [5.41, 5.74) is 8.48. The molecule has 0 unspecified atom stereocenters. The van der Waals surface area contributed by atoms with Crippen molar-refractivity contribution in [1.29, 1.82) is 0 Å². The lowest BCUT2D eigenvalue weighted by molar-refractivity contribution is 0.0995. The van der Waals surface area contributed by atoms with Crippen molar-refractivity contribution < 1.29 is 9.59 Å². The first-order valence-electron chi connectivity index (χ1n) is 6.37. The average molecular weight is 347 g/mol. The minimum absolute atomic E-state index is 0.227. The molecule has 0 bridgehead atoms. The van der Waals surface area contributed by atoms with Crippen LogP contribution >= 0.6 is 15.9 Å². The van der Waals surface area contributed by atoms with E-state index < -0.39 is 5.91 Å². The first kappa shape index (κ1) is 15.3. The fourth-order valence-electron chi connectivity index (χ4n) is 2.02. The van der Waals surface area contributed by atoms with E-state index in [1.165, 1.54) is 0 Å². The van der Waals surface area contributed by atoms with Crippen LogP contribution in [-0.2, 0) is 0 Å². The van der Waals surface area contributed by atoms with Crippen molar-refractivity contribution in [1.82, 2.24) is 0 Å². The second-order valence-electron chi connectivity index (χ2n) is 4.76. The minimum Gasteiger partial charge on any atom is -0.366 e. The largest absolute Gasteiger partial charge is 0.366 e. The van der Waals surface area contributed by atoms with Crippen LogP contribution in [0.15, 0.2) is 40.9 Å². The number of hydrogen-bond donors (Lipinski definition) is 2. The third kappa shape index (κ3) is 3.31. The molecular weight excluding hydrogens is 332 g/mol. The van der Waals surface area contributed by atoms with E-state index in [9.17, 15) is 9.59 Å². The molecule has 2 aromatic rings. The molecule has 4 nitrogen and oxygen atoms in total. The Morgan fingerprint density at radius 3 is 2.48 bits per heavy atom. The maximum Gasteiger partial charge on any atom is 0.255 e. The van der Waals surface area contributed by atoms with Gasteiger partial charge in [-0.2, -0.15) is 0 Å². The van der Waals surface area contributed by atoms with Crippen molar-refractivity contribution in [2.45, 2.75) is 13.8 Å². The van der Waals surface area contributed by atoms with Gasteiger partial charge in [0.15, 0.2) is 0 Å². The van der Waals surface area contributed by atoms with Crippen LogP contribution in [0.3, 0.4) is 0 Å². The highest BCUT2D eigenvalue weighted by molar-refractivity contribution is 9.10. The molecule has 21 heavy (non-hydrogen) atoms. The molecule has 0 aliphatic heterocycles. The zero-order chi connectivity index (χ0) is 15.6. The number of benzene rings is 2. The second-order valence-corrected chi connectivity index (χ2v) is 5.61. The van der Waals surface area contributed by atoms with Crippen molar-refractivity contribution in [3.8, 4) is 0 Å². The van der Waals surface area contributed by atoms with Crippen LogP contribution < -0.4 is 11.1 Å². The summed E-state index contributed by atoms with van der Waals surface area (Å²) in [4.78, 5) is 23.6. The molecule has 5 heteroatoms. The molecule has 0 fully saturated rings. The normalized spacial score (nSPS) is 10.2. The van der Waals surface area contributed by atoms with Gasteiger partial charge in [-0.25, -0.2) is 0 Å². The molecule has 0 spiro atoms. The van der Waals surface area contributed by atoms with Crippen LogP contribution in [0.2, 0.25) is 0 Å². The van der Waals surface area contributed by atoms with E-state index in [1.807, 2.05) is 13.0 Å². The van der Waals surface area contributed by atoms with Crippen LogP contribution in [0.5, 0.6) is 0 Å². The summed E-state index contributed by atoms with van der Waals surface area (Å²) < 4.78 is 0.950. The van der Waals surface area contributed by atoms with Crippen LogP contribution in [0.25, 0.3) is 0 Å². The maximum absolute atomic E-state index is 12.3. The van der Waals surface area contributed by atoms with E-state index in [2.05, 4.69) is 21.2 Å². The fourth-order valence-corrected chi connectivity index (χ4v) is 2.27. The Hall–Kier alpha value is -2.14. The number of carbonyl (C=O) groups is 2. The number of nitrogens with two attached hydrogens (primary N) is 1. The molecule has 0 saturated carbocycles. The Morgan fingerprint density at radius 2 is 1.86 bits per heavy atom. The van der Waals surface area contributed by atoms with E-state index in [4.69, 9.17) is 5.73 Å². The molecule has 0 aliphatic rings. The Morgan fingerprint density at radius 1 is 1.14 bits per heavy atom. The van der Waals surface area contributed by atoms with Gasteiger partial charge in [0.2, 0.25) is 5.91 Å². The molecule has 0 radical (unpaired) electrons. The molecule has 0 atom stereocenters. The first-order valence-corrected chi connectivity index (χ1v) is 7.16. The van der Waals surface area contributed by atoms with Gasteiger partial charge in [0, 0.05) is 21.3 Å². The number of primary amides is 1. The molecule has 3 N–H and O–H groups in total. The zero-order valence-corrected chi connectivity index (χ0v) is 13.3. The lowest BCUT2D eigenvalue weighted by Gasteiger charge is -2.11. The third-order valence-corrected chi connectivity index (χ3v) is 4.16. The van der Waals surface area contributed by atoms with Crippen molar-refractivity contribution >= 4 is 33.4 Å². The van der Waals surface area contributed by atoms with E-state index >= 15 is 0 Å². The molecule has 108 valence electrons. The summed E-state index contributed by atoms with van der Waals surface area (Å²) >= 11 is 3.40. The van der Waals surface area contributed by atoms with Crippen LogP contribution in [0.1, 0.15) is 31.8 Å². The number of aryl methyl sites for hydroxylation is 1. The number of nitrogens with one attached hydrogen (secondary N) is 1. The van der Waals surface area contributed by atoms with Gasteiger partial charge < -0.3 is 11.1 Å². The zero-order valence-electron chi connectivity index (χ0n) is 11.7. The predicted molar refractivity (Wildman–Crippen MR) is 86.5 cm³/mol. The van der Waals surface area contributed by atoms with Crippen molar-refractivity contribution in [3.05, 3.63) is 63.1 Å². The van der Waals surface area contributed by atoms with E-state index in [1.54, 1.807) is 37.3 Å². The number of amides is 2. The lowest BCUT2D eigenvalue weighted by Crippen LogP contribution is -2.16. The van der Waals surface area contributed by atoms with Gasteiger partial charge in [-0.05, 0) is 55.3 Å². The average Bonchev–Trinajstić information content (AvgIpc) is 2.43. The van der Waals surface area contributed by atoms with Crippen molar-refractivity contribution in [2.24, 2.45) is 5.73 Å². The SMILES string of the molecule is Cc1cc(C(=O)Nc2cccc(C(N)=O)c2C)ccc1Br. The molecule has 2 rings (SSSR count). The third-order valence-electron chi connectivity index (χ3n) is 3.27. The van der Waals surface area contributed by atoms with Gasteiger partial charge in [0.05, 0.1) is 0 Å². The summed E-state index contributed by atoms with van der Waals surface area (Å²) in [5.74, 6) is -0.738. The predicted octanol–water partition coefficient (Wildman–Crippen LogP) is 3.42. The highest BCUT2D eigenvalue weighted by Gasteiger charge is 2.12. The van der Waals surface area contributed by atoms with Crippen molar-refractivity contribution in [2.75, 3.05) is 5.32 Å². The molecule has 0 aliphatic carbocycles. The maximum atomic E-state index is 12.3. The monoisotopic (exact) mass is 346 g/mol. The smallest absolute Gasteiger partial charge is 0.255 e. The van der Waals surface area contributed by atoms with E-state index in [0.29, 0.717) is 22.4 Å². The molecule has 0 saturated heterocycles. The lowest BCUT2D eigenvalue weighted by atomic mass is 10.1. The topological polar surface area (TPSA) is 72.2 Å². The van der Waals surface area contributed by atoms with Crippen LogP contribution in [0.4, 0.5) is 5.69 Å². The summed E-state index contributed by atoms with van der Waals surface area (Å²) in [6.45, 7) is 3.67. The molecule has 0 aromatic heterocycles. The quantitative estimate of drug-likeness (QED) is 0.893. The van der Waals surface area contributed by atoms with Gasteiger partial charge in [0.1, 0.15) is 0 Å². The summed E-state index contributed by atoms with van der Waals surface area (Å²) in [7, 11) is 0. The van der Waals surface area contributed by atoms with E-state index in [-0.39, 0.29) is 5.91 Å².